The number of nitrogens with one attached hydrogen (secondary N) is 1. The topological polar surface area (TPSA) is 58.8 Å². The molecule has 1 N–H and O–H groups in total. The third-order valence-electron chi connectivity index (χ3n) is 5.82. The van der Waals surface area contributed by atoms with Gasteiger partial charge in [-0.1, -0.05) is 53.5 Å². The van der Waals surface area contributed by atoms with Crippen molar-refractivity contribution >= 4 is 40.8 Å². The Morgan fingerprint density at radius 1 is 1.24 bits per heavy atom. The number of hydrogen-bond donors (Lipinski definition) is 1. The molecule has 34 heavy (non-hydrogen) atoms. The zero-order valence-corrected chi connectivity index (χ0v) is 20.5. The molecule has 1 unspecified atom stereocenters. The summed E-state index contributed by atoms with van der Waals surface area (Å²) in [6.45, 7) is 8.95. The van der Waals surface area contributed by atoms with Crippen LogP contribution in [0, 0.1) is 6.57 Å². The Bertz CT molecular complexity index is 1270. The van der Waals surface area contributed by atoms with Crippen LogP contribution in [0.1, 0.15) is 29.0 Å². The van der Waals surface area contributed by atoms with Crippen molar-refractivity contribution in [1.82, 2.24) is 9.88 Å². The number of carbonyl (C=O) groups excluding carboxylic acids is 1. The Morgan fingerprint density at radius 2 is 2.03 bits per heavy atom. The van der Waals surface area contributed by atoms with Crippen molar-refractivity contribution in [2.24, 2.45) is 0 Å². The summed E-state index contributed by atoms with van der Waals surface area (Å²) in [7, 11) is 3.92. The van der Waals surface area contributed by atoms with E-state index in [9.17, 15) is 4.79 Å². The molecule has 8 heteroatoms. The summed E-state index contributed by atoms with van der Waals surface area (Å²) in [4.78, 5) is 22.5. The molecule has 1 aromatic heterocycles. The van der Waals surface area contributed by atoms with Crippen LogP contribution in [0.15, 0.2) is 48.7 Å². The first-order valence-electron chi connectivity index (χ1n) is 10.9. The van der Waals surface area contributed by atoms with Gasteiger partial charge >= 0.3 is 6.09 Å². The molecule has 0 spiro atoms. The maximum Gasteiger partial charge on any atom is 0.411 e. The van der Waals surface area contributed by atoms with Crippen molar-refractivity contribution in [3.63, 3.8) is 0 Å². The first-order valence-corrected chi connectivity index (χ1v) is 11.7. The molecule has 6 nitrogen and oxygen atoms in total. The van der Waals surface area contributed by atoms with Gasteiger partial charge in [-0.2, -0.15) is 0 Å². The summed E-state index contributed by atoms with van der Waals surface area (Å²) in [5.74, 6) is 0.244. The van der Waals surface area contributed by atoms with Gasteiger partial charge in [-0.3, -0.25) is 10.3 Å². The Kier molecular flexibility index (Phi) is 7.38. The summed E-state index contributed by atoms with van der Waals surface area (Å²) < 4.78 is 5.26. The Hall–Kier alpha value is -3.11. The lowest BCUT2D eigenvalue weighted by Crippen LogP contribution is -2.19. The van der Waals surface area contributed by atoms with Gasteiger partial charge in [0.2, 0.25) is 5.69 Å². The second kappa shape index (κ2) is 10.4. The Morgan fingerprint density at radius 3 is 2.76 bits per heavy atom. The highest BCUT2D eigenvalue weighted by Crippen LogP contribution is 2.48. The number of aromatic nitrogens is 1. The molecule has 1 aliphatic rings. The zero-order valence-electron chi connectivity index (χ0n) is 18.9. The third kappa shape index (κ3) is 5.02. The molecule has 0 saturated heterocycles. The molecule has 1 heterocycles. The van der Waals surface area contributed by atoms with Gasteiger partial charge in [0.1, 0.15) is 5.82 Å². The van der Waals surface area contributed by atoms with Crippen molar-refractivity contribution < 1.29 is 9.53 Å². The number of pyridine rings is 1. The summed E-state index contributed by atoms with van der Waals surface area (Å²) in [5.41, 5.74) is 5.10. The molecule has 4 rings (SSSR count). The van der Waals surface area contributed by atoms with E-state index >= 15 is 0 Å². The number of halogens is 2. The van der Waals surface area contributed by atoms with E-state index in [-0.39, 0.29) is 18.3 Å². The highest BCUT2D eigenvalue weighted by molar-refractivity contribution is 6.42. The number of benzene rings is 2. The number of nitrogens with zero attached hydrogens (tertiary/aromatic N) is 3. The number of anilines is 1. The summed E-state index contributed by atoms with van der Waals surface area (Å²) >= 11 is 12.4. The molecule has 2 aromatic carbocycles. The molecule has 1 atom stereocenters. The molecule has 0 radical (unpaired) electrons. The molecule has 1 aliphatic carbocycles. The van der Waals surface area contributed by atoms with E-state index in [1.165, 1.54) is 0 Å². The molecule has 0 bridgehead atoms. The largest absolute Gasteiger partial charge is 0.449 e. The monoisotopic (exact) mass is 494 g/mol. The van der Waals surface area contributed by atoms with Crippen LogP contribution in [0.3, 0.4) is 0 Å². The van der Waals surface area contributed by atoms with Gasteiger partial charge in [0, 0.05) is 18.7 Å². The minimum absolute atomic E-state index is 0.0410. The maximum atomic E-state index is 12.3. The van der Waals surface area contributed by atoms with Crippen LogP contribution in [0.5, 0.6) is 0 Å². The van der Waals surface area contributed by atoms with Crippen molar-refractivity contribution in [3.8, 4) is 11.1 Å². The fourth-order valence-electron chi connectivity index (χ4n) is 4.26. The van der Waals surface area contributed by atoms with Crippen molar-refractivity contribution in [2.75, 3.05) is 32.6 Å². The molecule has 0 saturated carbocycles. The second-order valence-corrected chi connectivity index (χ2v) is 9.22. The Labute approximate surface area is 209 Å². The SMILES string of the molecule is [C-]#[N+]c1c(NC(=O)OCCCN(C)C)ncc2c1-c1ccccc1C(c1ccc(Cl)c(Cl)c1)C2. The van der Waals surface area contributed by atoms with E-state index in [1.54, 1.807) is 12.3 Å². The minimum atomic E-state index is -0.617. The molecule has 3 aromatic rings. The van der Waals surface area contributed by atoms with E-state index in [2.05, 4.69) is 21.2 Å². The number of hydrogen-bond acceptors (Lipinski definition) is 4. The van der Waals surface area contributed by atoms with Gasteiger partial charge in [-0.05, 0) is 66.9 Å². The Balaban J connectivity index is 1.66. The van der Waals surface area contributed by atoms with E-state index in [1.807, 2.05) is 49.3 Å². The lowest BCUT2D eigenvalue weighted by atomic mass is 9.76. The van der Waals surface area contributed by atoms with Gasteiger partial charge in [-0.15, -0.1) is 0 Å². The lowest BCUT2D eigenvalue weighted by molar-refractivity contribution is 0.156. The van der Waals surface area contributed by atoms with Gasteiger partial charge in [-0.25, -0.2) is 9.64 Å². The number of amides is 1. The normalized spacial score (nSPS) is 14.2. The number of ether oxygens (including phenoxy) is 1. The van der Waals surface area contributed by atoms with E-state index in [0.29, 0.717) is 22.2 Å². The van der Waals surface area contributed by atoms with Crippen molar-refractivity contribution in [2.45, 2.75) is 18.8 Å². The van der Waals surface area contributed by atoms with Gasteiger partial charge in [0.15, 0.2) is 0 Å². The molecule has 0 fully saturated rings. The smallest absolute Gasteiger partial charge is 0.411 e. The van der Waals surface area contributed by atoms with Gasteiger partial charge in [0.05, 0.1) is 23.2 Å². The fourth-order valence-corrected chi connectivity index (χ4v) is 4.56. The van der Waals surface area contributed by atoms with Crippen LogP contribution in [-0.4, -0.2) is 43.2 Å². The highest BCUT2D eigenvalue weighted by Gasteiger charge is 2.30. The first kappa shape index (κ1) is 24.0. The average Bonchev–Trinajstić information content (AvgIpc) is 2.83. The van der Waals surface area contributed by atoms with Crippen LogP contribution in [0.25, 0.3) is 16.0 Å². The molecule has 0 aliphatic heterocycles. The predicted molar refractivity (Wildman–Crippen MR) is 136 cm³/mol. The second-order valence-electron chi connectivity index (χ2n) is 8.40. The van der Waals surface area contributed by atoms with Crippen molar-refractivity contribution in [3.05, 3.63) is 86.8 Å². The number of fused-ring (bicyclic) bond motifs is 3. The van der Waals surface area contributed by atoms with Crippen molar-refractivity contribution in [1.29, 1.82) is 0 Å². The maximum absolute atomic E-state index is 12.3. The van der Waals surface area contributed by atoms with Crippen LogP contribution >= 0.6 is 23.2 Å². The molecular weight excluding hydrogens is 471 g/mol. The van der Waals surface area contributed by atoms with E-state index in [4.69, 9.17) is 34.5 Å². The predicted octanol–water partition coefficient (Wildman–Crippen LogP) is 6.79. The standard InChI is InChI=1S/C26H24Cl2N4O2/c1-29-24-23-17(15-30-25(24)31-26(33)34-12-6-11-32(2)3)13-20(18-7-4-5-8-19(18)23)16-9-10-21(27)22(28)14-16/h4-5,7-10,14-15,20H,6,11-13H2,2-3H3,(H,30,31,33). The molecule has 174 valence electrons. The highest BCUT2D eigenvalue weighted by atomic mass is 35.5. The van der Waals surface area contributed by atoms with Crippen LogP contribution in [-0.2, 0) is 11.2 Å². The first-order chi connectivity index (χ1) is 16.4. The van der Waals surface area contributed by atoms with Crippen LogP contribution in [0.4, 0.5) is 16.3 Å². The van der Waals surface area contributed by atoms with E-state index < -0.39 is 6.09 Å². The fraction of sp³-hybridized carbons (Fsp3) is 0.269. The lowest BCUT2D eigenvalue weighted by Gasteiger charge is -2.29. The molecular formula is C26H24Cl2N4O2. The number of carbonyl (C=O) groups is 1. The summed E-state index contributed by atoms with van der Waals surface area (Å²) in [6, 6.07) is 13.7. The zero-order chi connectivity index (χ0) is 24.2. The van der Waals surface area contributed by atoms with Crippen LogP contribution < -0.4 is 5.32 Å². The quantitative estimate of drug-likeness (QED) is 0.302. The molecule has 1 amide bonds. The minimum Gasteiger partial charge on any atom is -0.449 e. The van der Waals surface area contributed by atoms with E-state index in [0.717, 1.165) is 40.8 Å². The average molecular weight is 495 g/mol. The van der Waals surface area contributed by atoms with Crippen LogP contribution in [0.2, 0.25) is 10.0 Å². The number of rotatable bonds is 6. The summed E-state index contributed by atoms with van der Waals surface area (Å²) in [5, 5.41) is 3.67. The third-order valence-corrected chi connectivity index (χ3v) is 6.56. The summed E-state index contributed by atoms with van der Waals surface area (Å²) in [6.07, 6.45) is 2.48. The van der Waals surface area contributed by atoms with Gasteiger partial charge < -0.3 is 9.64 Å². The van der Waals surface area contributed by atoms with Gasteiger partial charge in [0.25, 0.3) is 0 Å².